The molecule has 0 aliphatic carbocycles. The molecule has 1 amide bonds. The zero-order valence-electron chi connectivity index (χ0n) is 15.8. The van der Waals surface area contributed by atoms with Crippen molar-refractivity contribution in [3.8, 4) is 0 Å². The summed E-state index contributed by atoms with van der Waals surface area (Å²) in [4.78, 5) is 19.4. The van der Waals surface area contributed by atoms with E-state index in [1.54, 1.807) is 7.11 Å². The number of carbonyl (C=O) groups excluding carboxylic acids is 1. The number of ether oxygens (including phenoxy) is 1. The molecule has 2 saturated heterocycles. The highest BCUT2D eigenvalue weighted by Crippen LogP contribution is 2.32. The fraction of sp³-hybridized carbons (Fsp3) is 0.737. The van der Waals surface area contributed by atoms with Gasteiger partial charge in [-0.3, -0.25) is 14.6 Å². The topological polar surface area (TPSA) is 49.2 Å². The van der Waals surface area contributed by atoms with E-state index in [0.717, 1.165) is 57.1 Å². The Labute approximate surface area is 150 Å². The summed E-state index contributed by atoms with van der Waals surface area (Å²) in [5, 5.41) is 0. The molecule has 0 saturated carbocycles. The Morgan fingerprint density at radius 3 is 2.80 bits per heavy atom. The zero-order valence-corrected chi connectivity index (χ0v) is 15.8. The van der Waals surface area contributed by atoms with Gasteiger partial charge in [0, 0.05) is 51.8 Å². The zero-order chi connectivity index (χ0) is 17.9. The van der Waals surface area contributed by atoms with Gasteiger partial charge < -0.3 is 14.1 Å². The molecule has 1 aromatic rings. The van der Waals surface area contributed by atoms with E-state index < -0.39 is 0 Å². The second-order valence-electron chi connectivity index (χ2n) is 7.49. The maximum Gasteiger partial charge on any atom is 0.222 e. The van der Waals surface area contributed by atoms with E-state index in [2.05, 4.69) is 22.9 Å². The van der Waals surface area contributed by atoms with Gasteiger partial charge in [0.05, 0.1) is 13.2 Å². The molecule has 0 unspecified atom stereocenters. The van der Waals surface area contributed by atoms with E-state index >= 15 is 0 Å². The van der Waals surface area contributed by atoms with Crippen LogP contribution in [0, 0.1) is 6.92 Å². The number of likely N-dealkylation sites (N-methyl/N-ethyl adjacent to an activating group) is 1. The van der Waals surface area contributed by atoms with Gasteiger partial charge in [0.25, 0.3) is 0 Å². The van der Waals surface area contributed by atoms with Crippen LogP contribution < -0.4 is 0 Å². The summed E-state index contributed by atoms with van der Waals surface area (Å²) in [5.74, 6) is 2.26. The summed E-state index contributed by atoms with van der Waals surface area (Å²) < 4.78 is 10.9. The molecule has 0 radical (unpaired) electrons. The van der Waals surface area contributed by atoms with Crippen LogP contribution in [-0.2, 0) is 16.1 Å². The normalized spacial score (nSPS) is 26.4. The van der Waals surface area contributed by atoms with Gasteiger partial charge >= 0.3 is 0 Å². The first-order chi connectivity index (χ1) is 12.0. The minimum atomic E-state index is 0.0807. The first-order valence-corrected chi connectivity index (χ1v) is 9.28. The van der Waals surface area contributed by atoms with Gasteiger partial charge in [-0.15, -0.1) is 0 Å². The highest BCUT2D eigenvalue weighted by atomic mass is 16.5. The molecule has 140 valence electrons. The third kappa shape index (κ3) is 4.25. The molecule has 0 bridgehead atoms. The number of methoxy groups -OCH3 is 1. The van der Waals surface area contributed by atoms with Gasteiger partial charge in [-0.25, -0.2) is 0 Å². The summed E-state index contributed by atoms with van der Waals surface area (Å²) in [7, 11) is 3.90. The van der Waals surface area contributed by atoms with Crippen LogP contribution in [0.5, 0.6) is 0 Å². The number of amides is 1. The SMILES string of the molecule is COCCN1CC[C@]2(CCC1=O)CN(Cc1ccc(C)o1)CCN2C. The molecule has 1 aromatic heterocycles. The lowest BCUT2D eigenvalue weighted by Gasteiger charge is -2.49. The van der Waals surface area contributed by atoms with Crippen molar-refractivity contribution in [3.05, 3.63) is 23.7 Å². The molecule has 1 spiro atoms. The van der Waals surface area contributed by atoms with Crippen molar-refractivity contribution in [3.63, 3.8) is 0 Å². The van der Waals surface area contributed by atoms with Crippen LogP contribution in [0.3, 0.4) is 0 Å². The van der Waals surface area contributed by atoms with Gasteiger partial charge in [-0.05, 0) is 38.9 Å². The van der Waals surface area contributed by atoms with E-state index in [1.165, 1.54) is 0 Å². The lowest BCUT2D eigenvalue weighted by molar-refractivity contribution is -0.131. The van der Waals surface area contributed by atoms with Crippen LogP contribution in [-0.4, -0.2) is 79.6 Å². The Hall–Kier alpha value is -1.37. The maximum atomic E-state index is 12.5. The molecular formula is C19H31N3O3. The number of aryl methyl sites for hydroxylation is 1. The van der Waals surface area contributed by atoms with Gasteiger partial charge in [-0.2, -0.15) is 0 Å². The Morgan fingerprint density at radius 1 is 1.24 bits per heavy atom. The van der Waals surface area contributed by atoms with Crippen LogP contribution in [0.25, 0.3) is 0 Å². The lowest BCUT2D eigenvalue weighted by atomic mass is 9.86. The number of hydrogen-bond donors (Lipinski definition) is 0. The van der Waals surface area contributed by atoms with Crippen molar-refractivity contribution in [1.82, 2.24) is 14.7 Å². The molecule has 1 atom stereocenters. The molecule has 2 aliphatic rings. The number of piperazine rings is 1. The fourth-order valence-corrected chi connectivity index (χ4v) is 4.14. The number of furan rings is 1. The van der Waals surface area contributed by atoms with E-state index in [1.807, 2.05) is 17.9 Å². The minimum Gasteiger partial charge on any atom is -0.465 e. The smallest absolute Gasteiger partial charge is 0.222 e. The Kier molecular flexibility index (Phi) is 5.81. The first kappa shape index (κ1) is 18.4. The molecule has 6 heteroatoms. The molecule has 3 rings (SSSR count). The van der Waals surface area contributed by atoms with Crippen LogP contribution in [0.4, 0.5) is 0 Å². The molecule has 25 heavy (non-hydrogen) atoms. The molecular weight excluding hydrogens is 318 g/mol. The molecule has 0 N–H and O–H groups in total. The van der Waals surface area contributed by atoms with Gasteiger partial charge in [0.15, 0.2) is 0 Å². The second kappa shape index (κ2) is 7.89. The third-order valence-corrected chi connectivity index (χ3v) is 5.82. The summed E-state index contributed by atoms with van der Waals surface area (Å²) in [6, 6.07) is 4.10. The quantitative estimate of drug-likeness (QED) is 0.810. The average molecular weight is 349 g/mol. The van der Waals surface area contributed by atoms with Crippen LogP contribution in [0.15, 0.2) is 16.5 Å². The van der Waals surface area contributed by atoms with E-state index in [9.17, 15) is 4.79 Å². The second-order valence-corrected chi connectivity index (χ2v) is 7.49. The number of carbonyl (C=O) groups is 1. The molecule has 6 nitrogen and oxygen atoms in total. The Balaban J connectivity index is 1.66. The Bertz CT molecular complexity index is 588. The van der Waals surface area contributed by atoms with E-state index in [0.29, 0.717) is 19.6 Å². The molecule has 0 aromatic carbocycles. The monoisotopic (exact) mass is 349 g/mol. The van der Waals surface area contributed by atoms with Crippen molar-refractivity contribution in [2.45, 2.75) is 38.3 Å². The van der Waals surface area contributed by atoms with Gasteiger partial charge in [-0.1, -0.05) is 0 Å². The van der Waals surface area contributed by atoms with Crippen molar-refractivity contribution in [2.24, 2.45) is 0 Å². The molecule has 3 heterocycles. The number of nitrogens with zero attached hydrogens (tertiary/aromatic N) is 3. The summed E-state index contributed by atoms with van der Waals surface area (Å²) in [6.07, 6.45) is 2.58. The number of likely N-dealkylation sites (tertiary alicyclic amines) is 1. The largest absolute Gasteiger partial charge is 0.465 e. The predicted molar refractivity (Wildman–Crippen MR) is 96.4 cm³/mol. The van der Waals surface area contributed by atoms with Gasteiger partial charge in [0.1, 0.15) is 11.5 Å². The fourth-order valence-electron chi connectivity index (χ4n) is 4.14. The standard InChI is InChI=1S/C19H31N3O3/c1-16-4-5-17(25-16)14-21-11-10-20(2)19(15-21)7-6-18(23)22(9-8-19)12-13-24-3/h4-5H,6-15H2,1-3H3/t19-/m1/s1. The third-order valence-electron chi connectivity index (χ3n) is 5.82. The number of hydrogen-bond acceptors (Lipinski definition) is 5. The summed E-state index contributed by atoms with van der Waals surface area (Å²) in [5.41, 5.74) is 0.0807. The van der Waals surface area contributed by atoms with Gasteiger partial charge in [0.2, 0.25) is 5.91 Å². The summed E-state index contributed by atoms with van der Waals surface area (Å²) in [6.45, 7) is 8.04. The Morgan fingerprint density at radius 2 is 2.08 bits per heavy atom. The van der Waals surface area contributed by atoms with Crippen molar-refractivity contribution in [1.29, 1.82) is 0 Å². The minimum absolute atomic E-state index is 0.0807. The van der Waals surface area contributed by atoms with E-state index in [4.69, 9.17) is 9.15 Å². The molecule has 2 aliphatic heterocycles. The highest BCUT2D eigenvalue weighted by molar-refractivity contribution is 5.76. The van der Waals surface area contributed by atoms with Crippen molar-refractivity contribution in [2.75, 3.05) is 53.5 Å². The number of rotatable bonds is 5. The maximum absolute atomic E-state index is 12.5. The predicted octanol–water partition coefficient (Wildman–Crippen LogP) is 1.73. The highest BCUT2D eigenvalue weighted by Gasteiger charge is 2.42. The summed E-state index contributed by atoms with van der Waals surface area (Å²) >= 11 is 0. The van der Waals surface area contributed by atoms with Crippen LogP contribution >= 0.6 is 0 Å². The van der Waals surface area contributed by atoms with E-state index in [-0.39, 0.29) is 11.4 Å². The van der Waals surface area contributed by atoms with Crippen LogP contribution in [0.2, 0.25) is 0 Å². The van der Waals surface area contributed by atoms with Crippen molar-refractivity contribution < 1.29 is 13.9 Å². The first-order valence-electron chi connectivity index (χ1n) is 9.28. The van der Waals surface area contributed by atoms with Crippen molar-refractivity contribution >= 4 is 5.91 Å². The molecule has 2 fully saturated rings. The van der Waals surface area contributed by atoms with Crippen LogP contribution in [0.1, 0.15) is 30.8 Å². The lowest BCUT2D eigenvalue weighted by Crippen LogP contribution is -2.60. The average Bonchev–Trinajstić information content (AvgIpc) is 2.93.